The number of hydrogen-bond acceptors (Lipinski definition) is 4. The first-order chi connectivity index (χ1) is 9.06. The molecule has 0 fully saturated rings. The van der Waals surface area contributed by atoms with Crippen molar-refractivity contribution in [2.45, 2.75) is 18.2 Å². The van der Waals surface area contributed by atoms with Crippen molar-refractivity contribution in [1.82, 2.24) is 15.0 Å². The van der Waals surface area contributed by atoms with Crippen LogP contribution in [0.1, 0.15) is 13.3 Å². The van der Waals surface area contributed by atoms with Crippen molar-refractivity contribution < 1.29 is 8.42 Å². The van der Waals surface area contributed by atoms with Gasteiger partial charge in [0.05, 0.1) is 0 Å². The highest BCUT2D eigenvalue weighted by Gasteiger charge is 2.12. The second-order valence-electron chi connectivity index (χ2n) is 3.78. The van der Waals surface area contributed by atoms with Gasteiger partial charge in [-0.25, -0.2) is 13.1 Å². The van der Waals surface area contributed by atoms with Gasteiger partial charge in [-0.1, -0.05) is 6.92 Å². The molecule has 0 bridgehead atoms. The molecule has 0 radical (unpaired) electrons. The summed E-state index contributed by atoms with van der Waals surface area (Å²) in [6, 6.07) is 3.06. The van der Waals surface area contributed by atoms with Crippen LogP contribution in [0.5, 0.6) is 0 Å². The molecule has 1 rings (SSSR count). The first-order valence-corrected chi connectivity index (χ1v) is 7.48. The number of guanidine groups is 1. The molecular weight excluding hydrogens is 266 g/mol. The van der Waals surface area contributed by atoms with Crippen molar-refractivity contribution in [2.75, 3.05) is 19.6 Å². The summed E-state index contributed by atoms with van der Waals surface area (Å²) in [4.78, 5) is 7.94. The van der Waals surface area contributed by atoms with Gasteiger partial charge in [-0.05, 0) is 18.6 Å². The van der Waals surface area contributed by atoms with Gasteiger partial charge in [0.15, 0.2) is 5.96 Å². The van der Waals surface area contributed by atoms with Crippen LogP contribution >= 0.6 is 0 Å². The van der Waals surface area contributed by atoms with Gasteiger partial charge in [0, 0.05) is 32.0 Å². The van der Waals surface area contributed by atoms with E-state index in [2.05, 4.69) is 20.0 Å². The van der Waals surface area contributed by atoms with Gasteiger partial charge in [0.2, 0.25) is 10.0 Å². The third-order valence-electron chi connectivity index (χ3n) is 2.17. The zero-order valence-corrected chi connectivity index (χ0v) is 11.7. The molecule has 0 aliphatic carbocycles. The zero-order valence-electron chi connectivity index (χ0n) is 10.8. The van der Waals surface area contributed by atoms with Crippen LogP contribution in [0.3, 0.4) is 0 Å². The molecule has 19 heavy (non-hydrogen) atoms. The molecule has 0 amide bonds. The topological polar surface area (TPSA) is 109 Å². The lowest BCUT2D eigenvalue weighted by Gasteiger charge is -2.08. The Balaban J connectivity index is 2.37. The molecule has 0 saturated heterocycles. The van der Waals surface area contributed by atoms with E-state index in [1.807, 2.05) is 6.92 Å². The summed E-state index contributed by atoms with van der Waals surface area (Å²) in [5.74, 6) is 0.322. The Labute approximate surface area is 113 Å². The largest absolute Gasteiger partial charge is 0.370 e. The number of sulfonamides is 1. The van der Waals surface area contributed by atoms with Crippen LogP contribution in [0, 0.1) is 0 Å². The molecule has 106 valence electrons. The highest BCUT2D eigenvalue weighted by atomic mass is 32.2. The molecule has 0 aromatic carbocycles. The maximum Gasteiger partial charge on any atom is 0.242 e. The molecule has 7 nitrogen and oxygen atoms in total. The zero-order chi connectivity index (χ0) is 14.1. The number of nitrogens with two attached hydrogens (primary N) is 1. The van der Waals surface area contributed by atoms with Gasteiger partial charge < -0.3 is 11.1 Å². The number of nitrogens with zero attached hydrogens (tertiary/aromatic N) is 2. The van der Waals surface area contributed by atoms with E-state index in [0.29, 0.717) is 19.0 Å². The van der Waals surface area contributed by atoms with Crippen molar-refractivity contribution in [3.05, 3.63) is 24.5 Å². The van der Waals surface area contributed by atoms with Crippen LogP contribution in [-0.2, 0) is 10.0 Å². The lowest BCUT2D eigenvalue weighted by atomic mass is 10.5. The van der Waals surface area contributed by atoms with Crippen LogP contribution in [0.2, 0.25) is 0 Å². The molecule has 1 aromatic rings. The van der Waals surface area contributed by atoms with E-state index in [0.717, 1.165) is 6.42 Å². The Bertz CT molecular complexity index is 501. The summed E-state index contributed by atoms with van der Waals surface area (Å²) < 4.78 is 26.1. The number of pyridine rings is 1. The molecule has 0 unspecified atom stereocenters. The van der Waals surface area contributed by atoms with Crippen LogP contribution in [0.4, 0.5) is 0 Å². The van der Waals surface area contributed by atoms with Gasteiger partial charge in [0.25, 0.3) is 0 Å². The molecule has 1 heterocycles. The number of aliphatic imine (C=N–C) groups is 1. The van der Waals surface area contributed by atoms with Gasteiger partial charge in [-0.15, -0.1) is 0 Å². The van der Waals surface area contributed by atoms with Gasteiger partial charge in [0.1, 0.15) is 4.90 Å². The van der Waals surface area contributed by atoms with Crippen molar-refractivity contribution in [3.8, 4) is 0 Å². The molecule has 1 aromatic heterocycles. The minimum atomic E-state index is -3.51. The minimum Gasteiger partial charge on any atom is -0.370 e. The minimum absolute atomic E-state index is 0.141. The van der Waals surface area contributed by atoms with Crippen molar-refractivity contribution in [2.24, 2.45) is 10.7 Å². The van der Waals surface area contributed by atoms with Crippen molar-refractivity contribution in [3.63, 3.8) is 0 Å². The number of rotatable bonds is 7. The highest BCUT2D eigenvalue weighted by molar-refractivity contribution is 7.89. The Hall–Kier alpha value is -1.67. The monoisotopic (exact) mass is 285 g/mol. The summed E-state index contributed by atoms with van der Waals surface area (Å²) in [6.45, 7) is 3.25. The lowest BCUT2D eigenvalue weighted by Crippen LogP contribution is -2.38. The number of nitrogens with one attached hydrogen (secondary N) is 2. The Kier molecular flexibility index (Phi) is 6.23. The second kappa shape index (κ2) is 7.70. The third kappa shape index (κ3) is 5.66. The molecule has 0 aliphatic heterocycles. The first-order valence-electron chi connectivity index (χ1n) is 5.99. The van der Waals surface area contributed by atoms with Gasteiger partial charge in [-0.2, -0.15) is 0 Å². The summed E-state index contributed by atoms with van der Waals surface area (Å²) in [7, 11) is -3.51. The Morgan fingerprint density at radius 2 is 2.26 bits per heavy atom. The van der Waals surface area contributed by atoms with E-state index in [1.165, 1.54) is 18.5 Å². The van der Waals surface area contributed by atoms with Crippen molar-refractivity contribution in [1.29, 1.82) is 0 Å². The highest BCUT2D eigenvalue weighted by Crippen LogP contribution is 2.04. The van der Waals surface area contributed by atoms with Crippen molar-refractivity contribution >= 4 is 16.0 Å². The van der Waals surface area contributed by atoms with Crippen LogP contribution < -0.4 is 15.8 Å². The molecular formula is C11H19N5O2S. The number of aromatic nitrogens is 1. The second-order valence-corrected chi connectivity index (χ2v) is 5.55. The van der Waals surface area contributed by atoms with Crippen LogP contribution in [0.25, 0.3) is 0 Å². The van der Waals surface area contributed by atoms with E-state index in [4.69, 9.17) is 5.73 Å². The van der Waals surface area contributed by atoms with E-state index >= 15 is 0 Å². The lowest BCUT2D eigenvalue weighted by molar-refractivity contribution is 0.580. The summed E-state index contributed by atoms with van der Waals surface area (Å²) >= 11 is 0. The predicted molar refractivity (Wildman–Crippen MR) is 74.2 cm³/mol. The van der Waals surface area contributed by atoms with Crippen LogP contribution in [0.15, 0.2) is 34.4 Å². The van der Waals surface area contributed by atoms with Gasteiger partial charge >= 0.3 is 0 Å². The predicted octanol–water partition coefficient (Wildman–Crippen LogP) is -0.326. The standard InChI is InChI=1S/C11H19N5O2S/c1-2-5-14-11(12)15-7-8-16-19(17,18)10-4-3-6-13-9-10/h3-4,6,9,16H,2,5,7-8H2,1H3,(H3,12,14,15). The van der Waals surface area contributed by atoms with Gasteiger partial charge in [-0.3, -0.25) is 9.98 Å². The molecule has 8 heteroatoms. The SMILES string of the molecule is CCCN=C(N)NCCNS(=O)(=O)c1cccnc1. The average molecular weight is 285 g/mol. The normalized spacial score (nSPS) is 12.4. The maximum atomic E-state index is 11.8. The average Bonchev–Trinajstić information content (AvgIpc) is 2.42. The quantitative estimate of drug-likeness (QED) is 0.361. The van der Waals surface area contributed by atoms with E-state index < -0.39 is 10.0 Å². The molecule has 0 spiro atoms. The summed E-state index contributed by atoms with van der Waals surface area (Å²) in [5.41, 5.74) is 5.57. The fourth-order valence-electron chi connectivity index (χ4n) is 1.25. The smallest absolute Gasteiger partial charge is 0.242 e. The fraction of sp³-hybridized carbons (Fsp3) is 0.455. The Morgan fingerprint density at radius 3 is 2.89 bits per heavy atom. The molecule has 0 atom stereocenters. The molecule has 0 aliphatic rings. The van der Waals surface area contributed by atoms with E-state index in [9.17, 15) is 8.42 Å². The summed E-state index contributed by atoms with van der Waals surface area (Å²) in [6.07, 6.45) is 3.73. The van der Waals surface area contributed by atoms with Crippen LogP contribution in [-0.4, -0.2) is 39.0 Å². The number of hydrogen-bond donors (Lipinski definition) is 3. The third-order valence-corrected chi connectivity index (χ3v) is 3.62. The first kappa shape index (κ1) is 15.4. The molecule has 4 N–H and O–H groups in total. The molecule has 0 saturated carbocycles. The fourth-order valence-corrected chi connectivity index (χ4v) is 2.25. The van der Waals surface area contributed by atoms with E-state index in [-0.39, 0.29) is 11.4 Å². The summed E-state index contributed by atoms with van der Waals surface area (Å²) in [5, 5.41) is 2.83. The maximum absolute atomic E-state index is 11.8. The Morgan fingerprint density at radius 1 is 1.47 bits per heavy atom. The van der Waals surface area contributed by atoms with E-state index in [1.54, 1.807) is 6.07 Å².